The lowest BCUT2D eigenvalue weighted by Crippen LogP contribution is -2.61. The zero-order chi connectivity index (χ0) is 14.8. The van der Waals surface area contributed by atoms with Crippen molar-refractivity contribution in [2.75, 3.05) is 0 Å². The third kappa shape index (κ3) is 3.04. The van der Waals surface area contributed by atoms with Gasteiger partial charge in [0.15, 0.2) is 0 Å². The van der Waals surface area contributed by atoms with E-state index in [1.54, 1.807) is 12.1 Å². The normalized spacial score (nSPS) is 17.7. The zero-order valence-electron chi connectivity index (χ0n) is 11.1. The number of carbonyl (C=O) groups is 2. The lowest BCUT2D eigenvalue weighted by atomic mass is 9.77. The molecule has 1 atom stereocenters. The SMILES string of the molecule is CC(NC(=O)NC1(C(=O)O)CCC1)c1ccc(Cl)cc1. The van der Waals surface area contributed by atoms with Crippen LogP contribution < -0.4 is 10.6 Å². The third-order valence-electron chi connectivity index (χ3n) is 3.69. The molecule has 0 aromatic heterocycles. The molecule has 108 valence electrons. The van der Waals surface area contributed by atoms with Gasteiger partial charge in [0.2, 0.25) is 0 Å². The highest BCUT2D eigenvalue weighted by Gasteiger charge is 2.45. The molecule has 20 heavy (non-hydrogen) atoms. The summed E-state index contributed by atoms with van der Waals surface area (Å²) in [5, 5.41) is 15.1. The minimum absolute atomic E-state index is 0.224. The Hall–Kier alpha value is -1.75. The van der Waals surface area contributed by atoms with Crippen molar-refractivity contribution < 1.29 is 14.7 Å². The smallest absolute Gasteiger partial charge is 0.329 e. The number of hydrogen-bond donors (Lipinski definition) is 3. The summed E-state index contributed by atoms with van der Waals surface area (Å²) in [6.45, 7) is 1.83. The van der Waals surface area contributed by atoms with Crippen LogP contribution in [0.4, 0.5) is 4.79 Å². The molecule has 2 rings (SSSR count). The molecule has 1 aromatic rings. The van der Waals surface area contributed by atoms with Crippen molar-refractivity contribution >= 4 is 23.6 Å². The van der Waals surface area contributed by atoms with E-state index in [-0.39, 0.29) is 6.04 Å². The highest BCUT2D eigenvalue weighted by molar-refractivity contribution is 6.30. The van der Waals surface area contributed by atoms with Gasteiger partial charge in [-0.1, -0.05) is 23.7 Å². The molecule has 0 bridgehead atoms. The molecule has 5 nitrogen and oxygen atoms in total. The molecule has 0 radical (unpaired) electrons. The summed E-state index contributed by atoms with van der Waals surface area (Å²) in [7, 11) is 0. The number of carboxylic acids is 1. The molecule has 1 saturated carbocycles. The van der Waals surface area contributed by atoms with E-state index >= 15 is 0 Å². The van der Waals surface area contributed by atoms with Gasteiger partial charge in [-0.25, -0.2) is 9.59 Å². The monoisotopic (exact) mass is 296 g/mol. The molecule has 1 aliphatic rings. The van der Waals surface area contributed by atoms with Crippen LogP contribution in [-0.4, -0.2) is 22.6 Å². The first-order valence-corrected chi connectivity index (χ1v) is 6.88. The maximum atomic E-state index is 11.9. The van der Waals surface area contributed by atoms with Crippen molar-refractivity contribution in [3.05, 3.63) is 34.9 Å². The van der Waals surface area contributed by atoms with Gasteiger partial charge in [-0.3, -0.25) is 0 Å². The second-order valence-electron chi connectivity index (χ2n) is 5.11. The van der Waals surface area contributed by atoms with E-state index in [0.29, 0.717) is 17.9 Å². The molecule has 0 aliphatic heterocycles. The Morgan fingerprint density at radius 2 is 1.90 bits per heavy atom. The van der Waals surface area contributed by atoms with Crippen LogP contribution in [0.2, 0.25) is 5.02 Å². The fourth-order valence-corrected chi connectivity index (χ4v) is 2.33. The molecule has 2 amide bonds. The number of hydrogen-bond acceptors (Lipinski definition) is 2. The van der Waals surface area contributed by atoms with E-state index < -0.39 is 17.5 Å². The number of benzene rings is 1. The van der Waals surface area contributed by atoms with Crippen molar-refractivity contribution in [2.45, 2.75) is 37.8 Å². The summed E-state index contributed by atoms with van der Waals surface area (Å²) >= 11 is 5.81. The van der Waals surface area contributed by atoms with Crippen LogP contribution >= 0.6 is 11.6 Å². The van der Waals surface area contributed by atoms with Crippen molar-refractivity contribution in [1.29, 1.82) is 0 Å². The van der Waals surface area contributed by atoms with Gasteiger partial charge in [0.25, 0.3) is 0 Å². The van der Waals surface area contributed by atoms with Gasteiger partial charge >= 0.3 is 12.0 Å². The minimum Gasteiger partial charge on any atom is -0.480 e. The first-order chi connectivity index (χ1) is 9.43. The van der Waals surface area contributed by atoms with E-state index in [1.807, 2.05) is 19.1 Å². The fourth-order valence-electron chi connectivity index (χ4n) is 2.21. The molecule has 0 spiro atoms. The molecule has 0 saturated heterocycles. The summed E-state index contributed by atoms with van der Waals surface area (Å²) in [6.07, 6.45) is 1.77. The standard InChI is InChI=1S/C14H17ClN2O3/c1-9(10-3-5-11(15)6-4-10)16-13(20)17-14(12(18)19)7-2-8-14/h3-6,9H,2,7-8H2,1H3,(H,18,19)(H2,16,17,20). The topological polar surface area (TPSA) is 78.4 Å². The molecule has 1 aromatic carbocycles. The summed E-state index contributed by atoms with van der Waals surface area (Å²) in [5.74, 6) is -0.974. The van der Waals surface area contributed by atoms with Gasteiger partial charge in [-0.05, 0) is 43.9 Å². The predicted octanol–water partition coefficient (Wildman–Crippen LogP) is 2.71. The highest BCUT2D eigenvalue weighted by atomic mass is 35.5. The molecular weight excluding hydrogens is 280 g/mol. The average molecular weight is 297 g/mol. The minimum atomic E-state index is -1.09. The zero-order valence-corrected chi connectivity index (χ0v) is 11.9. The largest absolute Gasteiger partial charge is 0.480 e. The van der Waals surface area contributed by atoms with E-state index in [9.17, 15) is 9.59 Å². The molecular formula is C14H17ClN2O3. The second-order valence-corrected chi connectivity index (χ2v) is 5.55. The van der Waals surface area contributed by atoms with Crippen LogP contribution in [0.15, 0.2) is 24.3 Å². The number of carboxylic acid groups (broad SMARTS) is 1. The summed E-state index contributed by atoms with van der Waals surface area (Å²) in [5.41, 5.74) is -0.188. The number of carbonyl (C=O) groups excluding carboxylic acids is 1. The Morgan fingerprint density at radius 1 is 1.30 bits per heavy atom. The number of rotatable bonds is 4. The van der Waals surface area contributed by atoms with E-state index in [1.165, 1.54) is 0 Å². The fraction of sp³-hybridized carbons (Fsp3) is 0.429. The third-order valence-corrected chi connectivity index (χ3v) is 3.94. The Kier molecular flexibility index (Phi) is 4.18. The average Bonchev–Trinajstić information content (AvgIpc) is 2.34. The number of aliphatic carboxylic acids is 1. The van der Waals surface area contributed by atoms with Gasteiger partial charge in [0, 0.05) is 5.02 Å². The Balaban J connectivity index is 1.94. The molecule has 1 unspecified atom stereocenters. The highest BCUT2D eigenvalue weighted by Crippen LogP contribution is 2.32. The molecule has 6 heteroatoms. The number of urea groups is 1. The van der Waals surface area contributed by atoms with Crippen molar-refractivity contribution in [3.63, 3.8) is 0 Å². The predicted molar refractivity (Wildman–Crippen MR) is 75.8 cm³/mol. The Morgan fingerprint density at radius 3 is 2.35 bits per heavy atom. The lowest BCUT2D eigenvalue weighted by molar-refractivity contribution is -0.148. The van der Waals surface area contributed by atoms with Crippen molar-refractivity contribution in [3.8, 4) is 0 Å². The molecule has 1 fully saturated rings. The van der Waals surface area contributed by atoms with Gasteiger partial charge in [-0.15, -0.1) is 0 Å². The van der Waals surface area contributed by atoms with Crippen LogP contribution in [0.5, 0.6) is 0 Å². The van der Waals surface area contributed by atoms with Crippen LogP contribution in [0, 0.1) is 0 Å². The second kappa shape index (κ2) is 5.71. The number of amides is 2. The van der Waals surface area contributed by atoms with E-state index in [4.69, 9.17) is 16.7 Å². The summed E-state index contributed by atoms with van der Waals surface area (Å²) in [6, 6.07) is 6.45. The number of nitrogens with one attached hydrogen (secondary N) is 2. The van der Waals surface area contributed by atoms with Gasteiger partial charge < -0.3 is 15.7 Å². The van der Waals surface area contributed by atoms with E-state index in [2.05, 4.69) is 10.6 Å². The van der Waals surface area contributed by atoms with Gasteiger partial charge in [0.1, 0.15) is 5.54 Å². The molecule has 1 aliphatic carbocycles. The maximum absolute atomic E-state index is 11.9. The van der Waals surface area contributed by atoms with Crippen LogP contribution in [-0.2, 0) is 4.79 Å². The van der Waals surface area contributed by atoms with Crippen molar-refractivity contribution in [2.24, 2.45) is 0 Å². The Bertz CT molecular complexity index is 512. The van der Waals surface area contributed by atoms with Crippen molar-refractivity contribution in [1.82, 2.24) is 10.6 Å². The molecule has 0 heterocycles. The Labute approximate surface area is 122 Å². The van der Waals surface area contributed by atoms with E-state index in [0.717, 1.165) is 12.0 Å². The first-order valence-electron chi connectivity index (χ1n) is 6.50. The van der Waals surface area contributed by atoms with Gasteiger partial charge in [-0.2, -0.15) is 0 Å². The lowest BCUT2D eigenvalue weighted by Gasteiger charge is -2.38. The quantitative estimate of drug-likeness (QED) is 0.799. The molecule has 3 N–H and O–H groups in total. The summed E-state index contributed by atoms with van der Waals surface area (Å²) < 4.78 is 0. The van der Waals surface area contributed by atoms with Gasteiger partial charge in [0.05, 0.1) is 6.04 Å². The maximum Gasteiger partial charge on any atom is 0.329 e. The first kappa shape index (κ1) is 14.7. The number of halogens is 1. The van der Waals surface area contributed by atoms with Crippen LogP contribution in [0.1, 0.15) is 37.8 Å². The van der Waals surface area contributed by atoms with Crippen LogP contribution in [0.25, 0.3) is 0 Å². The summed E-state index contributed by atoms with van der Waals surface area (Å²) in [4.78, 5) is 23.1. The van der Waals surface area contributed by atoms with Crippen LogP contribution in [0.3, 0.4) is 0 Å².